The molecule has 0 aromatic heterocycles. The van der Waals surface area contributed by atoms with Gasteiger partial charge in [-0.3, -0.25) is 9.69 Å². The molecule has 7 heteroatoms. The minimum absolute atomic E-state index is 0.0355. The number of hydrogen-bond acceptors (Lipinski definition) is 5. The predicted molar refractivity (Wildman–Crippen MR) is 119 cm³/mol. The van der Waals surface area contributed by atoms with Crippen molar-refractivity contribution in [2.24, 2.45) is 5.41 Å². The number of carbonyl (C=O) groups is 1. The highest BCUT2D eigenvalue weighted by Crippen LogP contribution is 2.38. The van der Waals surface area contributed by atoms with E-state index >= 15 is 0 Å². The van der Waals surface area contributed by atoms with Gasteiger partial charge in [0.2, 0.25) is 5.91 Å². The molecule has 0 aliphatic carbocycles. The molecular weight excluding hydrogens is 412 g/mol. The molecule has 2 aromatic carbocycles. The van der Waals surface area contributed by atoms with Crippen molar-refractivity contribution < 1.29 is 17.9 Å². The number of likely N-dealkylation sites (tertiary alicyclic amines) is 1. The van der Waals surface area contributed by atoms with E-state index in [1.54, 1.807) is 12.1 Å². The third kappa shape index (κ3) is 5.00. The maximum Gasteiger partial charge on any atom is 0.223 e. The standard InChI is InChI=1S/C24H30N2O4S/c1-19(21-6-4-3-5-7-21)26-17-24(14-23(26)27)16-25(12-13-30-18-24)15-20-8-10-22(11-9-20)31(2,28)29/h3-11,19H,12-18H2,1-2H3/t19-,24+/m1/s1. The summed E-state index contributed by atoms with van der Waals surface area (Å²) < 4.78 is 29.4. The van der Waals surface area contributed by atoms with Gasteiger partial charge >= 0.3 is 0 Å². The quantitative estimate of drug-likeness (QED) is 0.712. The summed E-state index contributed by atoms with van der Waals surface area (Å²) in [5, 5.41) is 0. The van der Waals surface area contributed by atoms with Crippen molar-refractivity contribution in [2.45, 2.75) is 30.8 Å². The Balaban J connectivity index is 1.47. The van der Waals surface area contributed by atoms with Crippen LogP contribution in [0.1, 0.15) is 30.5 Å². The van der Waals surface area contributed by atoms with Gasteiger partial charge in [-0.25, -0.2) is 8.42 Å². The molecule has 2 saturated heterocycles. The summed E-state index contributed by atoms with van der Waals surface area (Å²) in [6.07, 6.45) is 1.71. The molecule has 166 valence electrons. The number of hydrogen-bond donors (Lipinski definition) is 0. The van der Waals surface area contributed by atoms with Gasteiger partial charge in [0.25, 0.3) is 0 Å². The summed E-state index contributed by atoms with van der Waals surface area (Å²) in [5.74, 6) is 0.180. The van der Waals surface area contributed by atoms with Crippen molar-refractivity contribution in [2.75, 3.05) is 39.1 Å². The molecule has 2 atom stereocenters. The predicted octanol–water partition coefficient (Wildman–Crippen LogP) is 2.90. The SMILES string of the molecule is C[C@H](c1ccccc1)N1C[C@]2(COCCN(Cc3ccc(S(C)(=O)=O)cc3)C2)CC1=O. The molecular formula is C24H30N2O4S. The summed E-state index contributed by atoms with van der Waals surface area (Å²) >= 11 is 0. The van der Waals surface area contributed by atoms with E-state index in [4.69, 9.17) is 4.74 Å². The first-order valence-corrected chi connectivity index (χ1v) is 12.6. The average Bonchev–Trinajstić information content (AvgIpc) is 2.93. The summed E-state index contributed by atoms with van der Waals surface area (Å²) in [4.78, 5) is 17.6. The fourth-order valence-electron chi connectivity index (χ4n) is 4.71. The van der Waals surface area contributed by atoms with Gasteiger partial charge in [-0.1, -0.05) is 42.5 Å². The van der Waals surface area contributed by atoms with Crippen LogP contribution in [0, 0.1) is 5.41 Å². The maximum atomic E-state index is 13.0. The second kappa shape index (κ2) is 8.73. The van der Waals surface area contributed by atoms with E-state index in [1.165, 1.54) is 6.26 Å². The van der Waals surface area contributed by atoms with E-state index in [9.17, 15) is 13.2 Å². The van der Waals surface area contributed by atoms with Crippen LogP contribution < -0.4 is 0 Å². The van der Waals surface area contributed by atoms with Crippen molar-refractivity contribution >= 4 is 15.7 Å². The Hall–Kier alpha value is -2.22. The van der Waals surface area contributed by atoms with Crippen LogP contribution in [0.3, 0.4) is 0 Å². The first-order chi connectivity index (χ1) is 14.8. The van der Waals surface area contributed by atoms with E-state index in [0.717, 1.165) is 24.2 Å². The summed E-state index contributed by atoms with van der Waals surface area (Å²) in [5.41, 5.74) is 1.98. The molecule has 2 aromatic rings. The number of sulfone groups is 1. The molecule has 0 unspecified atom stereocenters. The molecule has 6 nitrogen and oxygen atoms in total. The molecule has 0 bridgehead atoms. The molecule has 1 amide bonds. The number of carbonyl (C=O) groups excluding carboxylic acids is 1. The van der Waals surface area contributed by atoms with Crippen LogP contribution >= 0.6 is 0 Å². The van der Waals surface area contributed by atoms with E-state index in [2.05, 4.69) is 24.0 Å². The average molecular weight is 443 g/mol. The Morgan fingerprint density at radius 1 is 1.06 bits per heavy atom. The summed E-state index contributed by atoms with van der Waals surface area (Å²) in [6.45, 7) is 6.27. The lowest BCUT2D eigenvalue weighted by atomic mass is 9.87. The molecule has 1 spiro atoms. The van der Waals surface area contributed by atoms with E-state index in [1.807, 2.05) is 35.2 Å². The zero-order valence-electron chi connectivity index (χ0n) is 18.2. The van der Waals surface area contributed by atoms with Crippen LogP contribution in [0.15, 0.2) is 59.5 Å². The zero-order valence-corrected chi connectivity index (χ0v) is 19.0. The van der Waals surface area contributed by atoms with Crippen molar-refractivity contribution in [3.05, 3.63) is 65.7 Å². The van der Waals surface area contributed by atoms with Crippen molar-refractivity contribution in [3.8, 4) is 0 Å². The van der Waals surface area contributed by atoms with Crippen LogP contribution in [0.5, 0.6) is 0 Å². The first kappa shape index (κ1) is 22.0. The second-order valence-corrected chi connectivity index (χ2v) is 11.0. The van der Waals surface area contributed by atoms with Gasteiger partial charge in [0.05, 0.1) is 24.2 Å². The lowest BCUT2D eigenvalue weighted by Crippen LogP contribution is -2.40. The smallest absolute Gasteiger partial charge is 0.223 e. The van der Waals surface area contributed by atoms with Gasteiger partial charge in [0.15, 0.2) is 9.84 Å². The van der Waals surface area contributed by atoms with E-state index in [0.29, 0.717) is 37.6 Å². The van der Waals surface area contributed by atoms with Crippen molar-refractivity contribution in [1.29, 1.82) is 0 Å². The molecule has 31 heavy (non-hydrogen) atoms. The molecule has 0 N–H and O–H groups in total. The molecule has 0 radical (unpaired) electrons. The third-order valence-corrected chi connectivity index (χ3v) is 7.51. The van der Waals surface area contributed by atoms with Gasteiger partial charge in [0.1, 0.15) is 0 Å². The van der Waals surface area contributed by atoms with E-state index in [-0.39, 0.29) is 17.4 Å². The van der Waals surface area contributed by atoms with Crippen LogP contribution in [0.4, 0.5) is 0 Å². The monoisotopic (exact) mass is 442 g/mol. The number of rotatable bonds is 5. The Morgan fingerprint density at radius 2 is 1.77 bits per heavy atom. The maximum absolute atomic E-state index is 13.0. The van der Waals surface area contributed by atoms with Gasteiger partial charge in [-0.15, -0.1) is 0 Å². The van der Waals surface area contributed by atoms with E-state index < -0.39 is 9.84 Å². The Labute approximate surface area is 184 Å². The molecule has 2 aliphatic heterocycles. The van der Waals surface area contributed by atoms with Crippen LogP contribution in [0.25, 0.3) is 0 Å². The van der Waals surface area contributed by atoms with Crippen LogP contribution in [-0.4, -0.2) is 63.2 Å². The van der Waals surface area contributed by atoms with Gasteiger partial charge < -0.3 is 9.64 Å². The Bertz CT molecular complexity index is 1020. The number of nitrogens with zero attached hydrogens (tertiary/aromatic N) is 2. The number of benzene rings is 2. The minimum Gasteiger partial charge on any atom is -0.379 e. The molecule has 2 aliphatic rings. The second-order valence-electron chi connectivity index (χ2n) is 8.96. The van der Waals surface area contributed by atoms with Crippen molar-refractivity contribution in [1.82, 2.24) is 9.80 Å². The first-order valence-electron chi connectivity index (χ1n) is 10.7. The minimum atomic E-state index is -3.20. The molecule has 2 heterocycles. The normalized spacial score (nSPS) is 23.8. The fraction of sp³-hybridized carbons (Fsp3) is 0.458. The lowest BCUT2D eigenvalue weighted by Gasteiger charge is -2.33. The number of ether oxygens (including phenoxy) is 1. The summed E-state index contributed by atoms with van der Waals surface area (Å²) in [7, 11) is -3.20. The fourth-order valence-corrected chi connectivity index (χ4v) is 5.34. The van der Waals surface area contributed by atoms with Crippen LogP contribution in [-0.2, 0) is 25.9 Å². The summed E-state index contributed by atoms with van der Waals surface area (Å²) in [6, 6.07) is 17.3. The Kier molecular flexibility index (Phi) is 6.19. The third-order valence-electron chi connectivity index (χ3n) is 6.38. The van der Waals surface area contributed by atoms with Crippen molar-refractivity contribution in [3.63, 3.8) is 0 Å². The van der Waals surface area contributed by atoms with Gasteiger partial charge in [0, 0.05) is 44.3 Å². The molecule has 0 saturated carbocycles. The Morgan fingerprint density at radius 3 is 2.45 bits per heavy atom. The largest absolute Gasteiger partial charge is 0.379 e. The highest BCUT2D eigenvalue weighted by molar-refractivity contribution is 7.90. The van der Waals surface area contributed by atoms with Gasteiger partial charge in [-0.05, 0) is 30.2 Å². The van der Waals surface area contributed by atoms with Gasteiger partial charge in [-0.2, -0.15) is 0 Å². The lowest BCUT2D eigenvalue weighted by molar-refractivity contribution is -0.129. The highest BCUT2D eigenvalue weighted by atomic mass is 32.2. The molecule has 2 fully saturated rings. The van der Waals surface area contributed by atoms with Crippen LogP contribution in [0.2, 0.25) is 0 Å². The highest BCUT2D eigenvalue weighted by Gasteiger charge is 2.46. The molecule has 4 rings (SSSR count). The zero-order chi connectivity index (χ0) is 22.1. The number of amides is 1. The topological polar surface area (TPSA) is 66.9 Å².